The molecule has 0 aromatic heterocycles. The molecule has 1 aliphatic heterocycles. The summed E-state index contributed by atoms with van der Waals surface area (Å²) in [5, 5.41) is 0. The summed E-state index contributed by atoms with van der Waals surface area (Å²) in [6.07, 6.45) is 3.33. The predicted octanol–water partition coefficient (Wildman–Crippen LogP) is 0.545. The van der Waals surface area contributed by atoms with Crippen molar-refractivity contribution in [3.63, 3.8) is 0 Å². The molecule has 0 aromatic carbocycles. The molecule has 1 aliphatic rings. The van der Waals surface area contributed by atoms with Crippen LogP contribution in [0.1, 0.15) is 6.42 Å². The van der Waals surface area contributed by atoms with Gasteiger partial charge < -0.3 is 5.73 Å². The molecule has 1 heterocycles. The van der Waals surface area contributed by atoms with Gasteiger partial charge >= 0.3 is 0 Å². The van der Waals surface area contributed by atoms with E-state index >= 15 is 0 Å². The highest BCUT2D eigenvalue weighted by atomic mass is 32.2. The lowest BCUT2D eigenvalue weighted by Gasteiger charge is -2.37. The Hall–Kier alpha value is 0.270. The molecule has 0 bridgehead atoms. The molecule has 54 valence electrons. The largest absolute Gasteiger partial charge is 0.330 e. The van der Waals surface area contributed by atoms with E-state index < -0.39 is 0 Å². The Morgan fingerprint density at radius 3 is 2.78 bits per heavy atom. The second-order valence-electron chi connectivity index (χ2n) is 2.47. The molecule has 2 N–H and O–H groups in total. The predicted molar refractivity (Wildman–Crippen MR) is 42.2 cm³/mol. The van der Waals surface area contributed by atoms with Crippen LogP contribution in [0.15, 0.2) is 0 Å². The topological polar surface area (TPSA) is 29.3 Å². The molecule has 0 aromatic rings. The summed E-state index contributed by atoms with van der Waals surface area (Å²) in [5.74, 6) is 0.891. The Labute approximate surface area is 60.9 Å². The fourth-order valence-corrected chi connectivity index (χ4v) is 1.81. The Bertz CT molecular complexity index is 81.1. The quantitative estimate of drug-likeness (QED) is 0.589. The van der Waals surface area contributed by atoms with Crippen molar-refractivity contribution in [1.29, 1.82) is 0 Å². The third kappa shape index (κ3) is 1.85. The average Bonchev–Trinajstić information content (AvgIpc) is 1.77. The molecule has 0 spiro atoms. The maximum atomic E-state index is 5.40. The third-order valence-corrected chi connectivity index (χ3v) is 2.57. The molecule has 1 saturated heterocycles. The zero-order valence-electron chi connectivity index (χ0n) is 5.84. The van der Waals surface area contributed by atoms with E-state index in [4.69, 9.17) is 5.73 Å². The van der Waals surface area contributed by atoms with Crippen molar-refractivity contribution in [1.82, 2.24) is 4.31 Å². The van der Waals surface area contributed by atoms with Crippen LogP contribution >= 0.6 is 11.9 Å². The number of rotatable bonds is 3. The normalized spacial score (nSPS) is 22.0. The van der Waals surface area contributed by atoms with Gasteiger partial charge in [-0.25, -0.2) is 0 Å². The van der Waals surface area contributed by atoms with Gasteiger partial charge in [0.05, 0.1) is 0 Å². The van der Waals surface area contributed by atoms with E-state index in [9.17, 15) is 0 Å². The monoisotopic (exact) mass is 146 g/mol. The lowest BCUT2D eigenvalue weighted by atomic mass is 10.00. The molecule has 0 aliphatic carbocycles. The van der Waals surface area contributed by atoms with Crippen LogP contribution in [0.3, 0.4) is 0 Å². The first-order valence-corrected chi connectivity index (χ1v) is 4.54. The minimum atomic E-state index is 0.854. The number of hydrogen-bond donors (Lipinski definition) is 1. The van der Waals surface area contributed by atoms with Crippen LogP contribution in [0.2, 0.25) is 0 Å². The number of nitrogens with two attached hydrogens (primary N) is 1. The highest BCUT2D eigenvalue weighted by Crippen LogP contribution is 2.23. The van der Waals surface area contributed by atoms with E-state index in [-0.39, 0.29) is 0 Å². The van der Waals surface area contributed by atoms with Crippen molar-refractivity contribution >= 4 is 11.9 Å². The summed E-state index contributed by atoms with van der Waals surface area (Å²) in [4.78, 5) is 0. The van der Waals surface area contributed by atoms with Crippen LogP contribution < -0.4 is 5.73 Å². The van der Waals surface area contributed by atoms with E-state index in [1.165, 1.54) is 19.5 Å². The first-order valence-electron chi connectivity index (χ1n) is 3.36. The molecule has 0 atom stereocenters. The fraction of sp³-hybridized carbons (Fsp3) is 1.00. The Balaban J connectivity index is 1.98. The van der Waals surface area contributed by atoms with Gasteiger partial charge in [0.1, 0.15) is 0 Å². The molecule has 9 heavy (non-hydrogen) atoms. The van der Waals surface area contributed by atoms with Gasteiger partial charge in [-0.05, 0) is 25.1 Å². The van der Waals surface area contributed by atoms with Gasteiger partial charge in [0.2, 0.25) is 0 Å². The molecule has 2 nitrogen and oxygen atoms in total. The minimum absolute atomic E-state index is 0.854. The van der Waals surface area contributed by atoms with Crippen LogP contribution in [0.5, 0.6) is 0 Å². The van der Waals surface area contributed by atoms with Crippen LogP contribution in [0, 0.1) is 5.92 Å². The Morgan fingerprint density at radius 1 is 1.67 bits per heavy atom. The van der Waals surface area contributed by atoms with Gasteiger partial charge in [0.15, 0.2) is 0 Å². The second kappa shape index (κ2) is 3.44. The van der Waals surface area contributed by atoms with E-state index in [2.05, 4.69) is 10.6 Å². The van der Waals surface area contributed by atoms with E-state index in [1.54, 1.807) is 0 Å². The summed E-state index contributed by atoms with van der Waals surface area (Å²) in [6, 6.07) is 0. The van der Waals surface area contributed by atoms with Gasteiger partial charge in [0, 0.05) is 13.1 Å². The summed E-state index contributed by atoms with van der Waals surface area (Å²) < 4.78 is 2.36. The summed E-state index contributed by atoms with van der Waals surface area (Å²) in [7, 11) is 0. The van der Waals surface area contributed by atoms with Crippen molar-refractivity contribution in [2.45, 2.75) is 6.42 Å². The van der Waals surface area contributed by atoms with Crippen molar-refractivity contribution in [3.8, 4) is 0 Å². The van der Waals surface area contributed by atoms with E-state index in [1.807, 2.05) is 11.9 Å². The van der Waals surface area contributed by atoms with Crippen LogP contribution in [-0.4, -0.2) is 30.2 Å². The molecular formula is C6H14N2S. The standard InChI is InChI=1S/C6H14N2S/c1-9-8-4-6(5-8)2-3-7/h6H,2-5,7H2,1H3. The third-order valence-electron chi connectivity index (χ3n) is 1.76. The van der Waals surface area contributed by atoms with Crippen LogP contribution in [0.4, 0.5) is 0 Å². The molecule has 3 heteroatoms. The maximum Gasteiger partial charge on any atom is 0.0131 e. The van der Waals surface area contributed by atoms with Crippen molar-refractivity contribution in [3.05, 3.63) is 0 Å². The summed E-state index contributed by atoms with van der Waals surface area (Å²) >= 11 is 1.83. The van der Waals surface area contributed by atoms with Gasteiger partial charge in [-0.15, -0.1) is 0 Å². The van der Waals surface area contributed by atoms with Crippen molar-refractivity contribution in [2.24, 2.45) is 11.7 Å². The first-order chi connectivity index (χ1) is 4.36. The lowest BCUT2D eigenvalue weighted by molar-refractivity contribution is 0.211. The molecule has 0 radical (unpaired) electrons. The van der Waals surface area contributed by atoms with Gasteiger partial charge in [0.25, 0.3) is 0 Å². The Morgan fingerprint density at radius 2 is 2.33 bits per heavy atom. The molecular weight excluding hydrogens is 132 g/mol. The van der Waals surface area contributed by atoms with Crippen molar-refractivity contribution < 1.29 is 0 Å². The minimum Gasteiger partial charge on any atom is -0.330 e. The fourth-order valence-electron chi connectivity index (χ4n) is 1.09. The number of hydrogen-bond acceptors (Lipinski definition) is 3. The lowest BCUT2D eigenvalue weighted by Crippen LogP contribution is -2.42. The molecule has 1 fully saturated rings. The molecule has 0 amide bonds. The van der Waals surface area contributed by atoms with Crippen LogP contribution in [0.25, 0.3) is 0 Å². The van der Waals surface area contributed by atoms with E-state index in [0.717, 1.165) is 12.5 Å². The zero-order chi connectivity index (χ0) is 6.69. The molecule has 0 saturated carbocycles. The van der Waals surface area contributed by atoms with Crippen LogP contribution in [-0.2, 0) is 0 Å². The highest BCUT2D eigenvalue weighted by molar-refractivity contribution is 7.96. The maximum absolute atomic E-state index is 5.40. The number of nitrogens with zero attached hydrogens (tertiary/aromatic N) is 1. The second-order valence-corrected chi connectivity index (χ2v) is 3.35. The van der Waals surface area contributed by atoms with Crippen molar-refractivity contribution in [2.75, 3.05) is 25.9 Å². The van der Waals surface area contributed by atoms with Gasteiger partial charge in [-0.3, -0.25) is 4.31 Å². The average molecular weight is 146 g/mol. The van der Waals surface area contributed by atoms with Gasteiger partial charge in [-0.2, -0.15) is 0 Å². The van der Waals surface area contributed by atoms with E-state index in [0.29, 0.717) is 0 Å². The SMILES string of the molecule is CSN1CC(CCN)C1. The summed E-state index contributed by atoms with van der Waals surface area (Å²) in [6.45, 7) is 3.35. The molecule has 0 unspecified atom stereocenters. The molecule has 1 rings (SSSR count). The zero-order valence-corrected chi connectivity index (χ0v) is 6.66. The Kier molecular flexibility index (Phi) is 2.82. The highest BCUT2D eigenvalue weighted by Gasteiger charge is 2.24. The first kappa shape index (κ1) is 7.38. The van der Waals surface area contributed by atoms with Gasteiger partial charge in [-0.1, -0.05) is 11.9 Å². The summed E-state index contributed by atoms with van der Waals surface area (Å²) in [5.41, 5.74) is 5.40. The smallest absolute Gasteiger partial charge is 0.0131 e.